The zero-order chi connectivity index (χ0) is 22.4. The van der Waals surface area contributed by atoms with Crippen LogP contribution in [0.25, 0.3) is 0 Å². The van der Waals surface area contributed by atoms with Crippen LogP contribution in [0.15, 0.2) is 47.0 Å². The average molecular weight is 421 g/mol. The normalized spacial score (nSPS) is 10.6. The topological polar surface area (TPSA) is 93.5 Å². The minimum atomic E-state index is -0.256. The van der Waals surface area contributed by atoms with Gasteiger partial charge in [-0.1, -0.05) is 35.5 Å². The summed E-state index contributed by atoms with van der Waals surface area (Å²) in [5.41, 5.74) is 5.33. The van der Waals surface area contributed by atoms with Crippen molar-refractivity contribution < 1.29 is 18.8 Å². The Bertz CT molecular complexity index is 1030. The van der Waals surface area contributed by atoms with E-state index in [9.17, 15) is 9.59 Å². The number of benzene rings is 2. The summed E-state index contributed by atoms with van der Waals surface area (Å²) in [6.07, 6.45) is 0.181. The predicted octanol–water partition coefficient (Wildman–Crippen LogP) is 3.78. The molecule has 2 amide bonds. The van der Waals surface area contributed by atoms with Gasteiger partial charge in [-0.3, -0.25) is 9.59 Å². The number of carbonyl (C=O) groups is 2. The molecule has 2 aromatic carbocycles. The Morgan fingerprint density at radius 3 is 2.26 bits per heavy atom. The molecular formula is C24H27N3O4. The lowest BCUT2D eigenvalue weighted by Gasteiger charge is -2.12. The first-order valence-corrected chi connectivity index (χ1v) is 10.1. The number of para-hydroxylation sites is 1. The zero-order valence-corrected chi connectivity index (χ0v) is 18.2. The molecule has 7 heteroatoms. The third-order valence-corrected chi connectivity index (χ3v) is 5.04. The number of aryl methyl sites for hydroxylation is 4. The lowest BCUT2D eigenvalue weighted by atomic mass is 10.1. The molecule has 0 aliphatic carbocycles. The van der Waals surface area contributed by atoms with E-state index in [-0.39, 0.29) is 24.8 Å². The van der Waals surface area contributed by atoms with Crippen molar-refractivity contribution in [1.82, 2.24) is 10.5 Å². The second kappa shape index (κ2) is 9.93. The number of nitrogens with zero attached hydrogens (tertiary/aromatic N) is 1. The average Bonchev–Trinajstić information content (AvgIpc) is 3.06. The molecule has 3 aromatic rings. The number of aromatic nitrogens is 1. The Balaban J connectivity index is 1.45. The largest absolute Gasteiger partial charge is 0.489 e. The molecule has 162 valence electrons. The van der Waals surface area contributed by atoms with Gasteiger partial charge in [0.1, 0.15) is 18.1 Å². The van der Waals surface area contributed by atoms with Crippen molar-refractivity contribution in [2.24, 2.45) is 0 Å². The fraction of sp³-hybridized carbons (Fsp3) is 0.292. The Morgan fingerprint density at radius 1 is 0.968 bits per heavy atom. The van der Waals surface area contributed by atoms with Crippen LogP contribution in [0.2, 0.25) is 0 Å². The van der Waals surface area contributed by atoms with Crippen LogP contribution in [-0.4, -0.2) is 23.5 Å². The van der Waals surface area contributed by atoms with E-state index in [1.165, 1.54) is 0 Å². The van der Waals surface area contributed by atoms with Crippen molar-refractivity contribution >= 4 is 17.5 Å². The maximum Gasteiger partial charge on any atom is 0.243 e. The molecule has 1 aromatic heterocycles. The number of nitrogens with one attached hydrogen (secondary N) is 2. The smallest absolute Gasteiger partial charge is 0.243 e. The number of hydrogen-bond acceptors (Lipinski definition) is 5. The van der Waals surface area contributed by atoms with Crippen molar-refractivity contribution in [3.63, 3.8) is 0 Å². The van der Waals surface area contributed by atoms with Crippen molar-refractivity contribution in [3.05, 3.63) is 76.2 Å². The van der Waals surface area contributed by atoms with Crippen LogP contribution in [-0.2, 0) is 22.6 Å². The van der Waals surface area contributed by atoms with E-state index >= 15 is 0 Å². The first-order valence-electron chi connectivity index (χ1n) is 10.1. The van der Waals surface area contributed by atoms with Crippen LogP contribution in [0, 0.1) is 27.7 Å². The van der Waals surface area contributed by atoms with Gasteiger partial charge in [-0.25, -0.2) is 0 Å². The number of anilines is 1. The van der Waals surface area contributed by atoms with Crippen LogP contribution < -0.4 is 15.4 Å². The second-order valence-corrected chi connectivity index (χ2v) is 7.50. The summed E-state index contributed by atoms with van der Waals surface area (Å²) in [5.74, 6) is 0.958. The van der Waals surface area contributed by atoms with E-state index in [0.717, 1.165) is 39.4 Å². The summed E-state index contributed by atoms with van der Waals surface area (Å²) in [6, 6.07) is 13.1. The number of ether oxygens (including phenoxy) is 1. The molecular weight excluding hydrogens is 394 g/mol. The van der Waals surface area contributed by atoms with Gasteiger partial charge in [0.05, 0.1) is 24.2 Å². The van der Waals surface area contributed by atoms with Crippen molar-refractivity contribution in [2.45, 2.75) is 40.7 Å². The Morgan fingerprint density at radius 2 is 1.65 bits per heavy atom. The highest BCUT2D eigenvalue weighted by Gasteiger charge is 2.11. The predicted molar refractivity (Wildman–Crippen MR) is 118 cm³/mol. The molecule has 0 radical (unpaired) electrons. The van der Waals surface area contributed by atoms with Crippen molar-refractivity contribution in [2.75, 3.05) is 11.9 Å². The van der Waals surface area contributed by atoms with Crippen LogP contribution >= 0.6 is 0 Å². The van der Waals surface area contributed by atoms with E-state index in [2.05, 4.69) is 15.8 Å². The third-order valence-electron chi connectivity index (χ3n) is 5.04. The molecule has 0 aliphatic rings. The summed E-state index contributed by atoms with van der Waals surface area (Å²) in [7, 11) is 0. The summed E-state index contributed by atoms with van der Waals surface area (Å²) < 4.78 is 10.9. The Kier molecular flexibility index (Phi) is 7.07. The summed E-state index contributed by atoms with van der Waals surface area (Å²) in [6.45, 7) is 7.88. The van der Waals surface area contributed by atoms with Gasteiger partial charge in [0.2, 0.25) is 11.8 Å². The monoisotopic (exact) mass is 421 g/mol. The second-order valence-electron chi connectivity index (χ2n) is 7.50. The molecule has 0 unspecified atom stereocenters. The van der Waals surface area contributed by atoms with Gasteiger partial charge in [-0.05, 0) is 56.5 Å². The van der Waals surface area contributed by atoms with E-state index in [1.807, 2.05) is 70.2 Å². The van der Waals surface area contributed by atoms with E-state index < -0.39 is 0 Å². The molecule has 0 atom stereocenters. The Labute approximate surface area is 181 Å². The molecule has 3 rings (SSSR count). The summed E-state index contributed by atoms with van der Waals surface area (Å²) in [4.78, 5) is 24.4. The number of rotatable bonds is 8. The number of amides is 2. The molecule has 0 saturated carbocycles. The maximum atomic E-state index is 12.2. The van der Waals surface area contributed by atoms with Crippen LogP contribution in [0.1, 0.15) is 33.7 Å². The van der Waals surface area contributed by atoms with Gasteiger partial charge in [-0.2, -0.15) is 0 Å². The zero-order valence-electron chi connectivity index (χ0n) is 18.2. The van der Waals surface area contributed by atoms with Gasteiger partial charge >= 0.3 is 0 Å². The van der Waals surface area contributed by atoms with Gasteiger partial charge in [-0.15, -0.1) is 0 Å². The van der Waals surface area contributed by atoms with Gasteiger partial charge in [0.25, 0.3) is 0 Å². The SMILES string of the molecule is Cc1cccc(C)c1NC(=O)CNC(=O)Cc1ccc(OCc2c(C)noc2C)cc1. The van der Waals surface area contributed by atoms with Crippen LogP contribution in [0.4, 0.5) is 5.69 Å². The highest BCUT2D eigenvalue weighted by Crippen LogP contribution is 2.19. The van der Waals surface area contributed by atoms with Crippen molar-refractivity contribution in [1.29, 1.82) is 0 Å². The first kappa shape index (κ1) is 22.1. The van der Waals surface area contributed by atoms with Gasteiger partial charge < -0.3 is 19.9 Å². The Hall–Kier alpha value is -3.61. The highest BCUT2D eigenvalue weighted by atomic mass is 16.5. The molecule has 7 nitrogen and oxygen atoms in total. The summed E-state index contributed by atoms with van der Waals surface area (Å²) >= 11 is 0. The summed E-state index contributed by atoms with van der Waals surface area (Å²) in [5, 5.41) is 9.43. The number of hydrogen-bond donors (Lipinski definition) is 2. The van der Waals surface area contributed by atoms with E-state index in [1.54, 1.807) is 0 Å². The van der Waals surface area contributed by atoms with Gasteiger partial charge in [0, 0.05) is 5.69 Å². The maximum absolute atomic E-state index is 12.2. The molecule has 0 bridgehead atoms. The number of carbonyl (C=O) groups excluding carboxylic acids is 2. The molecule has 2 N–H and O–H groups in total. The van der Waals surface area contributed by atoms with Gasteiger partial charge in [0.15, 0.2) is 0 Å². The molecule has 1 heterocycles. The van der Waals surface area contributed by atoms with E-state index in [0.29, 0.717) is 12.4 Å². The lowest BCUT2D eigenvalue weighted by molar-refractivity contribution is -0.123. The van der Waals surface area contributed by atoms with Crippen molar-refractivity contribution in [3.8, 4) is 5.75 Å². The molecule has 0 saturated heterocycles. The minimum Gasteiger partial charge on any atom is -0.489 e. The van der Waals surface area contributed by atoms with E-state index in [4.69, 9.17) is 9.26 Å². The molecule has 0 aliphatic heterocycles. The highest BCUT2D eigenvalue weighted by molar-refractivity contribution is 5.95. The lowest BCUT2D eigenvalue weighted by Crippen LogP contribution is -2.34. The fourth-order valence-corrected chi connectivity index (χ4v) is 3.19. The van der Waals surface area contributed by atoms with Crippen LogP contribution in [0.3, 0.4) is 0 Å². The first-order chi connectivity index (χ1) is 14.8. The fourth-order valence-electron chi connectivity index (χ4n) is 3.19. The molecule has 0 spiro atoms. The standard InChI is InChI=1S/C24H27N3O4/c1-15-6-5-7-16(2)24(15)26-23(29)13-25-22(28)12-19-8-10-20(11-9-19)30-14-21-17(3)27-31-18(21)4/h5-11H,12-14H2,1-4H3,(H,25,28)(H,26,29). The quantitative estimate of drug-likeness (QED) is 0.577. The third kappa shape index (κ3) is 5.94. The molecule has 0 fully saturated rings. The van der Waals surface area contributed by atoms with Crippen LogP contribution in [0.5, 0.6) is 5.75 Å². The minimum absolute atomic E-state index is 0.0781. The molecule has 31 heavy (non-hydrogen) atoms.